The minimum atomic E-state index is -0.105. The molecule has 0 saturated heterocycles. The van der Waals surface area contributed by atoms with Gasteiger partial charge in [0.15, 0.2) is 5.82 Å². The zero-order valence-corrected chi connectivity index (χ0v) is 13.1. The van der Waals surface area contributed by atoms with Crippen molar-refractivity contribution in [2.24, 2.45) is 7.05 Å². The normalized spacial score (nSPS) is 11.0. The lowest BCUT2D eigenvalue weighted by molar-refractivity contribution is 0.424. The number of fused-ring (bicyclic) bond motifs is 1. The molecule has 0 fully saturated rings. The third-order valence-electron chi connectivity index (χ3n) is 4.06. The van der Waals surface area contributed by atoms with E-state index in [9.17, 15) is 4.79 Å². The average Bonchev–Trinajstić information content (AvgIpc) is 3.07. The first-order valence-electron chi connectivity index (χ1n) is 7.68. The van der Waals surface area contributed by atoms with E-state index < -0.39 is 0 Å². The summed E-state index contributed by atoms with van der Waals surface area (Å²) < 4.78 is 7.03. The predicted molar refractivity (Wildman–Crippen MR) is 91.7 cm³/mol. The molecule has 0 bridgehead atoms. The summed E-state index contributed by atoms with van der Waals surface area (Å²) in [7, 11) is 1.75. The molecule has 0 aliphatic rings. The van der Waals surface area contributed by atoms with Crippen LogP contribution in [0.5, 0.6) is 0 Å². The number of aromatic nitrogens is 3. The molecule has 24 heavy (non-hydrogen) atoms. The Hall–Kier alpha value is -3.21. The first kappa shape index (κ1) is 14.4. The van der Waals surface area contributed by atoms with Crippen LogP contribution in [0, 0.1) is 0 Å². The van der Waals surface area contributed by atoms with Crippen LogP contribution in [0.4, 0.5) is 0 Å². The third-order valence-corrected chi connectivity index (χ3v) is 4.06. The summed E-state index contributed by atoms with van der Waals surface area (Å²) in [6.45, 7) is 0. The van der Waals surface area contributed by atoms with Crippen molar-refractivity contribution in [2.75, 3.05) is 0 Å². The summed E-state index contributed by atoms with van der Waals surface area (Å²) in [5, 5.41) is 4.96. The summed E-state index contributed by atoms with van der Waals surface area (Å²) in [6.07, 6.45) is 0.590. The minimum absolute atomic E-state index is 0.105. The van der Waals surface area contributed by atoms with Crippen LogP contribution < -0.4 is 5.56 Å². The van der Waals surface area contributed by atoms with Gasteiger partial charge in [-0.2, -0.15) is 4.98 Å². The molecule has 0 radical (unpaired) electrons. The first-order valence-corrected chi connectivity index (χ1v) is 7.68. The van der Waals surface area contributed by atoms with Crippen molar-refractivity contribution in [2.45, 2.75) is 6.42 Å². The summed E-state index contributed by atoms with van der Waals surface area (Å²) >= 11 is 0. The molecule has 0 aliphatic carbocycles. The summed E-state index contributed by atoms with van der Waals surface area (Å²) in [5.74, 6) is 0.968. The molecule has 2 aromatic carbocycles. The van der Waals surface area contributed by atoms with Gasteiger partial charge in [0.1, 0.15) is 0 Å². The van der Waals surface area contributed by atoms with Crippen molar-refractivity contribution in [3.8, 4) is 11.5 Å². The molecule has 118 valence electrons. The van der Waals surface area contributed by atoms with Crippen molar-refractivity contribution in [3.05, 3.63) is 82.4 Å². The Morgan fingerprint density at radius 2 is 1.79 bits per heavy atom. The van der Waals surface area contributed by atoms with E-state index in [1.807, 2.05) is 54.6 Å². The van der Waals surface area contributed by atoms with Crippen molar-refractivity contribution in [1.82, 2.24) is 14.7 Å². The van der Waals surface area contributed by atoms with Crippen LogP contribution >= 0.6 is 0 Å². The van der Waals surface area contributed by atoms with Crippen molar-refractivity contribution >= 4 is 10.9 Å². The monoisotopic (exact) mass is 317 g/mol. The smallest absolute Gasteiger partial charge is 0.258 e. The summed E-state index contributed by atoms with van der Waals surface area (Å²) in [4.78, 5) is 16.7. The number of para-hydroxylation sites is 1. The molecule has 0 spiro atoms. The Bertz CT molecular complexity index is 1060. The van der Waals surface area contributed by atoms with E-state index >= 15 is 0 Å². The van der Waals surface area contributed by atoms with Gasteiger partial charge in [-0.25, -0.2) is 0 Å². The molecule has 4 aromatic rings. The number of benzene rings is 2. The number of aryl methyl sites for hydroxylation is 1. The number of hydrogen-bond donors (Lipinski definition) is 0. The molecule has 4 rings (SSSR count). The lowest BCUT2D eigenvalue weighted by Gasteiger charge is -2.06. The van der Waals surface area contributed by atoms with E-state index in [4.69, 9.17) is 4.52 Å². The van der Waals surface area contributed by atoms with E-state index in [1.165, 1.54) is 0 Å². The summed E-state index contributed by atoms with van der Waals surface area (Å²) in [6, 6.07) is 19.2. The highest BCUT2D eigenvalue weighted by molar-refractivity contribution is 5.92. The first-order chi connectivity index (χ1) is 11.7. The highest BCUT2D eigenvalue weighted by Gasteiger charge is 2.14. The van der Waals surface area contributed by atoms with Crippen LogP contribution in [0.3, 0.4) is 0 Å². The molecule has 0 unspecified atom stereocenters. The fourth-order valence-electron chi connectivity index (χ4n) is 2.80. The highest BCUT2D eigenvalue weighted by Crippen LogP contribution is 2.25. The SMILES string of the molecule is Cn1c(=O)cc(-c2nc(Cc3ccccc3)no2)c2ccccc21. The van der Waals surface area contributed by atoms with Gasteiger partial charge in [-0.1, -0.05) is 53.7 Å². The molecular weight excluding hydrogens is 302 g/mol. The maximum atomic E-state index is 12.2. The Morgan fingerprint density at radius 1 is 1.04 bits per heavy atom. The molecule has 0 atom stereocenters. The van der Waals surface area contributed by atoms with Gasteiger partial charge in [-0.3, -0.25) is 4.79 Å². The van der Waals surface area contributed by atoms with Gasteiger partial charge in [0.05, 0.1) is 11.1 Å². The van der Waals surface area contributed by atoms with Gasteiger partial charge in [0.25, 0.3) is 11.4 Å². The van der Waals surface area contributed by atoms with E-state index in [0.717, 1.165) is 16.5 Å². The average molecular weight is 317 g/mol. The fourth-order valence-corrected chi connectivity index (χ4v) is 2.80. The van der Waals surface area contributed by atoms with E-state index in [1.54, 1.807) is 17.7 Å². The molecule has 0 N–H and O–H groups in total. The molecule has 0 amide bonds. The number of nitrogens with zero attached hydrogens (tertiary/aromatic N) is 3. The molecule has 0 saturated carbocycles. The van der Waals surface area contributed by atoms with Crippen LogP contribution in [-0.2, 0) is 13.5 Å². The lowest BCUT2D eigenvalue weighted by Crippen LogP contribution is -2.16. The number of pyridine rings is 1. The van der Waals surface area contributed by atoms with Gasteiger partial charge in [0.2, 0.25) is 0 Å². The standard InChI is InChI=1S/C19H15N3O2/c1-22-16-10-6-5-9-14(16)15(12-18(22)23)19-20-17(21-24-19)11-13-7-3-2-4-8-13/h2-10,12H,11H2,1H3. The molecule has 2 heterocycles. The highest BCUT2D eigenvalue weighted by atomic mass is 16.5. The van der Waals surface area contributed by atoms with Gasteiger partial charge in [0, 0.05) is 24.9 Å². The quantitative estimate of drug-likeness (QED) is 0.582. The number of hydrogen-bond acceptors (Lipinski definition) is 4. The van der Waals surface area contributed by atoms with E-state index in [2.05, 4.69) is 10.1 Å². The number of rotatable bonds is 3. The zero-order valence-electron chi connectivity index (χ0n) is 13.1. The topological polar surface area (TPSA) is 60.9 Å². The Kier molecular flexibility index (Phi) is 3.46. The molecule has 0 aliphatic heterocycles. The van der Waals surface area contributed by atoms with Crippen LogP contribution in [0.1, 0.15) is 11.4 Å². The van der Waals surface area contributed by atoms with Gasteiger partial charge >= 0.3 is 0 Å². The second-order valence-corrected chi connectivity index (χ2v) is 5.65. The summed E-state index contributed by atoms with van der Waals surface area (Å²) in [5.41, 5.74) is 2.51. The molecule has 5 nitrogen and oxygen atoms in total. The largest absolute Gasteiger partial charge is 0.334 e. The molecule has 5 heteroatoms. The van der Waals surface area contributed by atoms with Crippen molar-refractivity contribution in [3.63, 3.8) is 0 Å². The fraction of sp³-hybridized carbons (Fsp3) is 0.105. The van der Waals surface area contributed by atoms with Gasteiger partial charge < -0.3 is 9.09 Å². The van der Waals surface area contributed by atoms with Crippen molar-refractivity contribution in [1.29, 1.82) is 0 Å². The Balaban J connectivity index is 1.79. The van der Waals surface area contributed by atoms with Gasteiger partial charge in [-0.05, 0) is 11.6 Å². The van der Waals surface area contributed by atoms with Crippen molar-refractivity contribution < 1.29 is 4.52 Å². The Morgan fingerprint density at radius 3 is 2.62 bits per heavy atom. The Labute approximate surface area is 138 Å². The zero-order chi connectivity index (χ0) is 16.5. The second-order valence-electron chi connectivity index (χ2n) is 5.65. The molecule has 2 aromatic heterocycles. The van der Waals surface area contributed by atoms with Crippen LogP contribution in [0.25, 0.3) is 22.4 Å². The second kappa shape index (κ2) is 5.77. The van der Waals surface area contributed by atoms with Crippen LogP contribution in [-0.4, -0.2) is 14.7 Å². The van der Waals surface area contributed by atoms with Crippen LogP contribution in [0.2, 0.25) is 0 Å². The van der Waals surface area contributed by atoms with E-state index in [0.29, 0.717) is 23.7 Å². The van der Waals surface area contributed by atoms with Crippen LogP contribution in [0.15, 0.2) is 70.0 Å². The van der Waals surface area contributed by atoms with Gasteiger partial charge in [-0.15, -0.1) is 0 Å². The lowest BCUT2D eigenvalue weighted by atomic mass is 10.1. The van der Waals surface area contributed by atoms with E-state index in [-0.39, 0.29) is 5.56 Å². The maximum Gasteiger partial charge on any atom is 0.258 e. The predicted octanol–water partition coefficient (Wildman–Crippen LogP) is 3.18. The maximum absolute atomic E-state index is 12.2. The molecular formula is C19H15N3O2. The minimum Gasteiger partial charge on any atom is -0.334 e. The third kappa shape index (κ3) is 2.50.